The number of nitrogen functional groups attached to an aromatic ring is 1. The van der Waals surface area contributed by atoms with Gasteiger partial charge in [-0.25, -0.2) is 0 Å². The monoisotopic (exact) mass is 226 g/mol. The fourth-order valence-corrected chi connectivity index (χ4v) is 1.50. The minimum atomic E-state index is -0.299. The number of nitrogens with two attached hydrogens (primary N) is 2. The van der Waals surface area contributed by atoms with Crippen LogP contribution in [0.2, 0.25) is 0 Å². The number of thioether (sulfide) groups is 1. The maximum atomic E-state index is 10.4. The van der Waals surface area contributed by atoms with Crippen LogP contribution in [0.1, 0.15) is 0 Å². The summed E-state index contributed by atoms with van der Waals surface area (Å²) in [5.74, 6) is 1.56. The van der Waals surface area contributed by atoms with Crippen LogP contribution in [-0.2, 0) is 4.79 Å². The van der Waals surface area contributed by atoms with E-state index in [-0.39, 0.29) is 5.91 Å². The van der Waals surface area contributed by atoms with Gasteiger partial charge < -0.3 is 16.2 Å². The molecule has 0 aromatic heterocycles. The number of carbonyl (C=O) groups is 1. The Bertz CT molecular complexity index is 314. The van der Waals surface area contributed by atoms with Gasteiger partial charge in [-0.1, -0.05) is 0 Å². The van der Waals surface area contributed by atoms with Gasteiger partial charge in [-0.05, 0) is 24.3 Å². The number of ether oxygens (including phenoxy) is 1. The summed E-state index contributed by atoms with van der Waals surface area (Å²) in [6, 6.07) is 7.19. The summed E-state index contributed by atoms with van der Waals surface area (Å²) in [6.07, 6.45) is 0. The molecule has 82 valence electrons. The van der Waals surface area contributed by atoms with Crippen molar-refractivity contribution in [2.75, 3.05) is 23.8 Å². The lowest BCUT2D eigenvalue weighted by Gasteiger charge is -2.05. The molecule has 0 atom stereocenters. The molecule has 1 aromatic carbocycles. The first-order valence-electron chi connectivity index (χ1n) is 4.53. The van der Waals surface area contributed by atoms with Crippen molar-refractivity contribution in [3.05, 3.63) is 24.3 Å². The molecule has 1 rings (SSSR count). The van der Waals surface area contributed by atoms with E-state index in [0.717, 1.165) is 11.5 Å². The summed E-state index contributed by atoms with van der Waals surface area (Å²) >= 11 is 1.46. The number of hydrogen-bond acceptors (Lipinski definition) is 4. The minimum absolute atomic E-state index is 0.299. The summed E-state index contributed by atoms with van der Waals surface area (Å²) in [6.45, 7) is 0.557. The Morgan fingerprint density at radius 1 is 1.33 bits per heavy atom. The lowest BCUT2D eigenvalue weighted by molar-refractivity contribution is -0.115. The molecule has 15 heavy (non-hydrogen) atoms. The number of carbonyl (C=O) groups excluding carboxylic acids is 1. The predicted octanol–water partition coefficient (Wildman–Crippen LogP) is 0.866. The van der Waals surface area contributed by atoms with Gasteiger partial charge in [-0.15, -0.1) is 11.8 Å². The van der Waals surface area contributed by atoms with Gasteiger partial charge >= 0.3 is 0 Å². The summed E-state index contributed by atoms with van der Waals surface area (Å²) in [7, 11) is 0. The zero-order valence-corrected chi connectivity index (χ0v) is 9.13. The first-order valence-corrected chi connectivity index (χ1v) is 5.68. The van der Waals surface area contributed by atoms with Crippen molar-refractivity contribution in [3.8, 4) is 5.75 Å². The number of anilines is 1. The number of hydrogen-bond donors (Lipinski definition) is 2. The van der Waals surface area contributed by atoms with Crippen LogP contribution in [-0.4, -0.2) is 24.0 Å². The highest BCUT2D eigenvalue weighted by Gasteiger charge is 1.96. The molecular weight excluding hydrogens is 212 g/mol. The topological polar surface area (TPSA) is 78.3 Å². The van der Waals surface area contributed by atoms with E-state index in [9.17, 15) is 4.79 Å². The standard InChI is InChI=1S/C10H14N2O2S/c11-8-1-3-9(4-2-8)14-5-6-15-7-10(12)13/h1-4H,5-7,11H2,(H2,12,13). The van der Waals surface area contributed by atoms with Crippen molar-refractivity contribution >= 4 is 23.4 Å². The van der Waals surface area contributed by atoms with E-state index in [0.29, 0.717) is 18.0 Å². The smallest absolute Gasteiger partial charge is 0.227 e. The maximum Gasteiger partial charge on any atom is 0.227 e. The minimum Gasteiger partial charge on any atom is -0.493 e. The van der Waals surface area contributed by atoms with Crippen LogP contribution in [0, 0.1) is 0 Å². The van der Waals surface area contributed by atoms with Gasteiger partial charge in [0.2, 0.25) is 5.91 Å². The normalized spacial score (nSPS) is 9.87. The number of benzene rings is 1. The average molecular weight is 226 g/mol. The van der Waals surface area contributed by atoms with Crippen molar-refractivity contribution in [1.29, 1.82) is 0 Å². The Balaban J connectivity index is 2.15. The Kier molecular flexibility index (Phi) is 4.83. The van der Waals surface area contributed by atoms with Crippen LogP contribution < -0.4 is 16.2 Å². The molecule has 0 saturated heterocycles. The van der Waals surface area contributed by atoms with Crippen LogP contribution in [0.5, 0.6) is 5.75 Å². The highest BCUT2D eigenvalue weighted by Crippen LogP contribution is 2.13. The molecule has 0 heterocycles. The second-order valence-corrected chi connectivity index (χ2v) is 4.04. The third-order valence-electron chi connectivity index (χ3n) is 1.62. The molecule has 0 aliphatic rings. The van der Waals surface area contributed by atoms with E-state index in [1.807, 2.05) is 12.1 Å². The zero-order valence-electron chi connectivity index (χ0n) is 8.31. The van der Waals surface area contributed by atoms with Gasteiger partial charge in [0.15, 0.2) is 0 Å². The van der Waals surface area contributed by atoms with Crippen molar-refractivity contribution in [2.45, 2.75) is 0 Å². The molecule has 4 N–H and O–H groups in total. The highest BCUT2D eigenvalue weighted by atomic mass is 32.2. The van der Waals surface area contributed by atoms with Gasteiger partial charge in [0.25, 0.3) is 0 Å². The van der Waals surface area contributed by atoms with Crippen LogP contribution in [0.25, 0.3) is 0 Å². The van der Waals surface area contributed by atoms with E-state index in [1.54, 1.807) is 12.1 Å². The van der Waals surface area contributed by atoms with Crippen LogP contribution in [0.15, 0.2) is 24.3 Å². The molecule has 4 nitrogen and oxygen atoms in total. The van der Waals surface area contributed by atoms with Crippen molar-refractivity contribution < 1.29 is 9.53 Å². The zero-order chi connectivity index (χ0) is 11.1. The van der Waals surface area contributed by atoms with E-state index < -0.39 is 0 Å². The van der Waals surface area contributed by atoms with E-state index in [1.165, 1.54) is 11.8 Å². The van der Waals surface area contributed by atoms with Crippen LogP contribution >= 0.6 is 11.8 Å². The molecule has 0 spiro atoms. The summed E-state index contributed by atoms with van der Waals surface area (Å²) in [5, 5.41) is 0. The van der Waals surface area contributed by atoms with E-state index in [4.69, 9.17) is 16.2 Å². The molecule has 0 radical (unpaired) electrons. The highest BCUT2D eigenvalue weighted by molar-refractivity contribution is 7.99. The molecular formula is C10H14N2O2S. The Labute approximate surface area is 93.0 Å². The maximum absolute atomic E-state index is 10.4. The van der Waals surface area contributed by atoms with Gasteiger partial charge in [0, 0.05) is 11.4 Å². The fraction of sp³-hybridized carbons (Fsp3) is 0.300. The SMILES string of the molecule is NC(=O)CSCCOc1ccc(N)cc1. The van der Waals surface area contributed by atoms with Gasteiger partial charge in [-0.2, -0.15) is 0 Å². The first-order chi connectivity index (χ1) is 7.18. The quantitative estimate of drug-likeness (QED) is 0.557. The fourth-order valence-electron chi connectivity index (χ4n) is 0.955. The molecule has 0 saturated carbocycles. The first kappa shape index (κ1) is 11.7. The van der Waals surface area contributed by atoms with Crippen molar-refractivity contribution in [1.82, 2.24) is 0 Å². The molecule has 0 fully saturated rings. The summed E-state index contributed by atoms with van der Waals surface area (Å²) in [5.41, 5.74) is 11.2. The third-order valence-corrected chi connectivity index (χ3v) is 2.56. The summed E-state index contributed by atoms with van der Waals surface area (Å²) in [4.78, 5) is 10.4. The van der Waals surface area contributed by atoms with E-state index in [2.05, 4.69) is 0 Å². The number of amides is 1. The van der Waals surface area contributed by atoms with Gasteiger partial charge in [0.05, 0.1) is 12.4 Å². The molecule has 5 heteroatoms. The molecule has 0 unspecified atom stereocenters. The lowest BCUT2D eigenvalue weighted by Crippen LogP contribution is -2.14. The molecule has 0 bridgehead atoms. The second kappa shape index (κ2) is 6.19. The van der Waals surface area contributed by atoms with Crippen LogP contribution in [0.3, 0.4) is 0 Å². The number of primary amides is 1. The van der Waals surface area contributed by atoms with E-state index >= 15 is 0 Å². The second-order valence-electron chi connectivity index (χ2n) is 2.94. The molecule has 1 amide bonds. The van der Waals surface area contributed by atoms with Crippen molar-refractivity contribution in [2.24, 2.45) is 5.73 Å². The largest absolute Gasteiger partial charge is 0.493 e. The summed E-state index contributed by atoms with van der Waals surface area (Å²) < 4.78 is 5.41. The van der Waals surface area contributed by atoms with Gasteiger partial charge in [-0.3, -0.25) is 4.79 Å². The Morgan fingerprint density at radius 3 is 2.60 bits per heavy atom. The molecule has 0 aliphatic carbocycles. The molecule has 0 aliphatic heterocycles. The van der Waals surface area contributed by atoms with Crippen molar-refractivity contribution in [3.63, 3.8) is 0 Å². The lowest BCUT2D eigenvalue weighted by atomic mass is 10.3. The third kappa shape index (κ3) is 5.17. The van der Waals surface area contributed by atoms with Crippen LogP contribution in [0.4, 0.5) is 5.69 Å². The predicted molar refractivity (Wildman–Crippen MR) is 62.9 cm³/mol. The molecule has 1 aromatic rings. The average Bonchev–Trinajstić information content (AvgIpc) is 2.20. The van der Waals surface area contributed by atoms with Gasteiger partial charge in [0.1, 0.15) is 5.75 Å². The Morgan fingerprint density at radius 2 is 2.00 bits per heavy atom. The number of rotatable bonds is 6. The Hall–Kier alpha value is -1.36.